The van der Waals surface area contributed by atoms with Gasteiger partial charge in [0.1, 0.15) is 5.78 Å². The van der Waals surface area contributed by atoms with Crippen LogP contribution < -0.4 is 0 Å². The van der Waals surface area contributed by atoms with Crippen molar-refractivity contribution in [1.82, 2.24) is 0 Å². The van der Waals surface area contributed by atoms with E-state index in [1.807, 2.05) is 6.92 Å². The summed E-state index contributed by atoms with van der Waals surface area (Å²) in [6.07, 6.45) is 2.43. The minimum Gasteiger partial charge on any atom is -0.466 e. The van der Waals surface area contributed by atoms with Crippen molar-refractivity contribution in [2.45, 2.75) is 52.6 Å². The Labute approximate surface area is 113 Å². The zero-order valence-corrected chi connectivity index (χ0v) is 11.8. The van der Waals surface area contributed by atoms with Gasteiger partial charge in [-0.2, -0.15) is 0 Å². The highest BCUT2D eigenvalue weighted by atomic mass is 16.5. The van der Waals surface area contributed by atoms with Crippen molar-refractivity contribution in [2.75, 3.05) is 6.61 Å². The summed E-state index contributed by atoms with van der Waals surface area (Å²) >= 11 is 0. The van der Waals surface area contributed by atoms with Crippen LogP contribution in [0.3, 0.4) is 0 Å². The van der Waals surface area contributed by atoms with Gasteiger partial charge >= 0.3 is 11.9 Å². The normalized spacial score (nSPS) is 24.1. The van der Waals surface area contributed by atoms with Crippen molar-refractivity contribution < 1.29 is 23.9 Å². The first kappa shape index (κ1) is 15.7. The molecule has 0 saturated heterocycles. The Morgan fingerprint density at radius 1 is 1.21 bits per heavy atom. The van der Waals surface area contributed by atoms with Gasteiger partial charge in [0.2, 0.25) is 0 Å². The van der Waals surface area contributed by atoms with Crippen molar-refractivity contribution in [3.63, 3.8) is 0 Å². The average Bonchev–Trinajstić information content (AvgIpc) is 2.63. The van der Waals surface area contributed by atoms with Gasteiger partial charge in [0.05, 0.1) is 12.7 Å². The van der Waals surface area contributed by atoms with Crippen LogP contribution in [0.1, 0.15) is 46.5 Å². The fraction of sp³-hybridized carbons (Fsp3) is 0.786. The SMILES string of the molecule is CC(=O)OCC1CC(=O)CC1CCC(C)OC(C)=O. The molecule has 1 rings (SSSR count). The van der Waals surface area contributed by atoms with Gasteiger partial charge in [0, 0.05) is 32.6 Å². The summed E-state index contributed by atoms with van der Waals surface area (Å²) in [4.78, 5) is 33.1. The maximum absolute atomic E-state index is 11.5. The lowest BCUT2D eigenvalue weighted by Crippen LogP contribution is -2.19. The molecule has 0 spiro atoms. The molecule has 5 heteroatoms. The first-order valence-electron chi connectivity index (χ1n) is 6.70. The molecule has 0 N–H and O–H groups in total. The van der Waals surface area contributed by atoms with E-state index in [2.05, 4.69) is 0 Å². The number of ether oxygens (including phenoxy) is 2. The summed E-state index contributed by atoms with van der Waals surface area (Å²) in [6.45, 7) is 4.92. The number of rotatable bonds is 6. The highest BCUT2D eigenvalue weighted by molar-refractivity contribution is 5.81. The quantitative estimate of drug-likeness (QED) is 0.689. The third-order valence-electron chi connectivity index (χ3n) is 3.46. The largest absolute Gasteiger partial charge is 0.466 e. The predicted octanol–water partition coefficient (Wildman–Crippen LogP) is 1.88. The molecule has 19 heavy (non-hydrogen) atoms. The Kier molecular flexibility index (Phi) is 5.99. The van der Waals surface area contributed by atoms with E-state index in [1.165, 1.54) is 13.8 Å². The van der Waals surface area contributed by atoms with Gasteiger partial charge in [0.25, 0.3) is 0 Å². The molecule has 1 aliphatic rings. The summed E-state index contributed by atoms with van der Waals surface area (Å²) in [5.41, 5.74) is 0. The molecule has 0 heterocycles. The zero-order chi connectivity index (χ0) is 14.4. The second kappa shape index (κ2) is 7.26. The van der Waals surface area contributed by atoms with Gasteiger partial charge in [-0.25, -0.2) is 0 Å². The highest BCUT2D eigenvalue weighted by Crippen LogP contribution is 2.33. The van der Waals surface area contributed by atoms with E-state index in [4.69, 9.17) is 9.47 Å². The van der Waals surface area contributed by atoms with Crippen LogP contribution >= 0.6 is 0 Å². The number of carbonyl (C=O) groups is 3. The Balaban J connectivity index is 2.39. The van der Waals surface area contributed by atoms with Crippen LogP contribution in [0.5, 0.6) is 0 Å². The summed E-state index contributed by atoms with van der Waals surface area (Å²) in [7, 11) is 0. The maximum Gasteiger partial charge on any atom is 0.302 e. The van der Waals surface area contributed by atoms with Gasteiger partial charge in [0.15, 0.2) is 0 Å². The van der Waals surface area contributed by atoms with Gasteiger partial charge in [-0.05, 0) is 25.7 Å². The summed E-state index contributed by atoms with van der Waals surface area (Å²) < 4.78 is 10.1. The number of esters is 2. The zero-order valence-electron chi connectivity index (χ0n) is 11.8. The number of ketones is 1. The number of hydrogen-bond donors (Lipinski definition) is 0. The summed E-state index contributed by atoms with van der Waals surface area (Å²) in [6, 6.07) is 0. The first-order valence-corrected chi connectivity index (χ1v) is 6.70. The van der Waals surface area contributed by atoms with Crippen LogP contribution in [-0.4, -0.2) is 30.4 Å². The second-order valence-corrected chi connectivity index (χ2v) is 5.27. The standard InChI is InChI=1S/C14H22O5/c1-9(19-11(3)16)4-5-12-6-14(17)7-13(12)8-18-10(2)15/h9,12-13H,4-8H2,1-3H3. The molecule has 0 aromatic heterocycles. The third-order valence-corrected chi connectivity index (χ3v) is 3.46. The first-order chi connectivity index (χ1) is 8.88. The monoisotopic (exact) mass is 270 g/mol. The smallest absolute Gasteiger partial charge is 0.302 e. The van der Waals surface area contributed by atoms with Crippen LogP contribution in [0.2, 0.25) is 0 Å². The lowest BCUT2D eigenvalue weighted by molar-refractivity contribution is -0.146. The van der Waals surface area contributed by atoms with Gasteiger partial charge in [-0.15, -0.1) is 0 Å². The highest BCUT2D eigenvalue weighted by Gasteiger charge is 2.33. The van der Waals surface area contributed by atoms with E-state index >= 15 is 0 Å². The predicted molar refractivity (Wildman–Crippen MR) is 68.3 cm³/mol. The van der Waals surface area contributed by atoms with E-state index < -0.39 is 0 Å². The molecule has 0 aliphatic heterocycles. The van der Waals surface area contributed by atoms with Crippen LogP contribution in [-0.2, 0) is 23.9 Å². The fourth-order valence-corrected chi connectivity index (χ4v) is 2.55. The molecule has 5 nitrogen and oxygen atoms in total. The van der Waals surface area contributed by atoms with Crippen LogP contribution in [0.4, 0.5) is 0 Å². The summed E-state index contributed by atoms with van der Waals surface area (Å²) in [5.74, 6) is -0.0362. The van der Waals surface area contributed by atoms with Crippen molar-refractivity contribution in [3.05, 3.63) is 0 Å². The molecule has 0 bridgehead atoms. The minimum absolute atomic E-state index is 0.112. The molecule has 1 fully saturated rings. The number of carbonyl (C=O) groups excluding carboxylic acids is 3. The van der Waals surface area contributed by atoms with Crippen LogP contribution in [0, 0.1) is 11.8 Å². The molecule has 108 valence electrons. The Bertz CT molecular complexity index is 350. The lowest BCUT2D eigenvalue weighted by Gasteiger charge is -2.20. The molecule has 3 atom stereocenters. The Morgan fingerprint density at radius 3 is 2.42 bits per heavy atom. The molecule has 0 aromatic carbocycles. The van der Waals surface area contributed by atoms with Crippen molar-refractivity contribution in [3.8, 4) is 0 Å². The van der Waals surface area contributed by atoms with Gasteiger partial charge in [-0.1, -0.05) is 0 Å². The van der Waals surface area contributed by atoms with Crippen molar-refractivity contribution >= 4 is 17.7 Å². The van der Waals surface area contributed by atoms with Crippen molar-refractivity contribution in [2.24, 2.45) is 11.8 Å². The summed E-state index contributed by atoms with van der Waals surface area (Å²) in [5, 5.41) is 0. The molecular formula is C14H22O5. The van der Waals surface area contributed by atoms with E-state index in [1.54, 1.807) is 0 Å². The third kappa shape index (κ3) is 5.85. The van der Waals surface area contributed by atoms with Crippen molar-refractivity contribution in [1.29, 1.82) is 0 Å². The van der Waals surface area contributed by atoms with E-state index in [-0.39, 0.29) is 35.7 Å². The maximum atomic E-state index is 11.5. The molecule has 3 unspecified atom stereocenters. The second-order valence-electron chi connectivity index (χ2n) is 5.27. The molecule has 0 radical (unpaired) electrons. The molecular weight excluding hydrogens is 248 g/mol. The molecule has 1 saturated carbocycles. The number of hydrogen-bond acceptors (Lipinski definition) is 5. The number of Topliss-reactive ketones (excluding diaryl/α,β-unsaturated/α-hetero) is 1. The van der Waals surface area contributed by atoms with Gasteiger partial charge < -0.3 is 9.47 Å². The fourth-order valence-electron chi connectivity index (χ4n) is 2.55. The minimum atomic E-state index is -0.314. The Hall–Kier alpha value is -1.39. The molecule has 0 aromatic rings. The van der Waals surface area contributed by atoms with E-state index in [0.29, 0.717) is 19.4 Å². The van der Waals surface area contributed by atoms with Crippen LogP contribution in [0.15, 0.2) is 0 Å². The topological polar surface area (TPSA) is 69.7 Å². The molecule has 1 aliphatic carbocycles. The van der Waals surface area contributed by atoms with Crippen LogP contribution in [0.25, 0.3) is 0 Å². The average molecular weight is 270 g/mol. The van der Waals surface area contributed by atoms with E-state index in [0.717, 1.165) is 12.8 Å². The lowest BCUT2D eigenvalue weighted by atomic mass is 9.91. The molecule has 0 amide bonds. The Morgan fingerprint density at radius 2 is 1.84 bits per heavy atom. The van der Waals surface area contributed by atoms with E-state index in [9.17, 15) is 14.4 Å². The van der Waals surface area contributed by atoms with Gasteiger partial charge in [-0.3, -0.25) is 14.4 Å².